The Kier molecular flexibility index (Phi) is 3.91. The van der Waals surface area contributed by atoms with Gasteiger partial charge in [-0.1, -0.05) is 48.5 Å². The van der Waals surface area contributed by atoms with Crippen LogP contribution in [0.25, 0.3) is 21.8 Å². The molecule has 1 aromatic heterocycles. The van der Waals surface area contributed by atoms with Crippen LogP contribution in [0.2, 0.25) is 0 Å². The normalized spacial score (nSPS) is 11.2. The second-order valence-corrected chi connectivity index (χ2v) is 5.87. The summed E-state index contributed by atoms with van der Waals surface area (Å²) >= 11 is 0. The van der Waals surface area contributed by atoms with Gasteiger partial charge < -0.3 is 9.30 Å². The minimum absolute atomic E-state index is 0.0978. The predicted octanol–water partition coefficient (Wildman–Crippen LogP) is 4.88. The topological polar surface area (TPSA) is 57.3 Å². The average molecular weight is 332 g/mol. The highest BCUT2D eigenvalue weighted by Crippen LogP contribution is 2.31. The van der Waals surface area contributed by atoms with Gasteiger partial charge in [-0.25, -0.2) is 0 Å². The summed E-state index contributed by atoms with van der Waals surface area (Å²) in [5.41, 5.74) is 3.14. The van der Waals surface area contributed by atoms with Crippen molar-refractivity contribution in [2.24, 2.45) is 0 Å². The number of benzene rings is 3. The largest absolute Gasteiger partial charge is 0.356 e. The quantitative estimate of drug-likeness (QED) is 0.387. The summed E-state index contributed by atoms with van der Waals surface area (Å²) in [5, 5.41) is 12.9. The van der Waals surface area contributed by atoms with Crippen molar-refractivity contribution in [3.63, 3.8) is 0 Å². The number of aromatic nitrogens is 1. The van der Waals surface area contributed by atoms with Crippen molar-refractivity contribution >= 4 is 27.5 Å². The number of rotatable bonds is 5. The lowest BCUT2D eigenvalue weighted by molar-refractivity contribution is -0.384. The highest BCUT2D eigenvalue weighted by molar-refractivity contribution is 6.08. The zero-order valence-corrected chi connectivity index (χ0v) is 13.5. The zero-order chi connectivity index (χ0) is 17.2. The number of hydrogen-bond acceptors (Lipinski definition) is 3. The lowest BCUT2D eigenvalue weighted by Crippen LogP contribution is -2.02. The molecule has 0 aliphatic carbocycles. The zero-order valence-electron chi connectivity index (χ0n) is 13.5. The first-order valence-corrected chi connectivity index (χ1v) is 8.01. The Morgan fingerprint density at radius 1 is 0.880 bits per heavy atom. The van der Waals surface area contributed by atoms with Gasteiger partial charge in [-0.2, -0.15) is 0 Å². The van der Waals surface area contributed by atoms with Crippen LogP contribution < -0.4 is 0 Å². The molecule has 0 aliphatic heterocycles. The third kappa shape index (κ3) is 2.86. The number of nitrogens with zero attached hydrogens (tertiary/aromatic N) is 2. The number of para-hydroxylation sites is 1. The van der Waals surface area contributed by atoms with Gasteiger partial charge in [-0.15, -0.1) is 0 Å². The van der Waals surface area contributed by atoms with E-state index in [9.17, 15) is 10.1 Å². The van der Waals surface area contributed by atoms with E-state index in [1.807, 2.05) is 54.6 Å². The van der Waals surface area contributed by atoms with Gasteiger partial charge >= 0.3 is 0 Å². The Labute approximate surface area is 144 Å². The van der Waals surface area contributed by atoms with Gasteiger partial charge in [-0.05, 0) is 17.7 Å². The fourth-order valence-electron chi connectivity index (χ4n) is 3.12. The molecule has 5 heteroatoms. The Morgan fingerprint density at radius 2 is 1.60 bits per heavy atom. The summed E-state index contributed by atoms with van der Waals surface area (Å²) in [5.74, 6) is 0. The summed E-state index contributed by atoms with van der Waals surface area (Å²) in [6, 6.07) is 22.8. The highest BCUT2D eigenvalue weighted by atomic mass is 16.6. The Morgan fingerprint density at radius 3 is 2.40 bits per heavy atom. The predicted molar refractivity (Wildman–Crippen MR) is 97.3 cm³/mol. The fraction of sp³-hybridized carbons (Fsp3) is 0.100. The van der Waals surface area contributed by atoms with Crippen LogP contribution in [0.1, 0.15) is 5.56 Å². The average Bonchev–Trinajstić information content (AvgIpc) is 2.96. The molecule has 3 aromatic carbocycles. The van der Waals surface area contributed by atoms with E-state index in [4.69, 9.17) is 4.74 Å². The monoisotopic (exact) mass is 332 g/mol. The second-order valence-electron chi connectivity index (χ2n) is 5.87. The molecule has 0 saturated heterocycles. The molecule has 1 heterocycles. The van der Waals surface area contributed by atoms with E-state index in [-0.39, 0.29) is 10.6 Å². The van der Waals surface area contributed by atoms with Crippen molar-refractivity contribution in [2.45, 2.75) is 13.3 Å². The van der Waals surface area contributed by atoms with Gasteiger partial charge in [0.15, 0.2) is 0 Å². The van der Waals surface area contributed by atoms with Crippen LogP contribution in [-0.4, -0.2) is 9.49 Å². The maximum Gasteiger partial charge on any atom is 0.270 e. The first-order valence-electron chi connectivity index (χ1n) is 8.01. The van der Waals surface area contributed by atoms with Crippen LogP contribution in [0.3, 0.4) is 0 Å². The number of hydrogen-bond donors (Lipinski definition) is 0. The van der Waals surface area contributed by atoms with Crippen molar-refractivity contribution in [3.8, 4) is 0 Å². The van der Waals surface area contributed by atoms with E-state index in [0.29, 0.717) is 13.3 Å². The lowest BCUT2D eigenvalue weighted by atomic mass is 10.1. The molecule has 5 nitrogen and oxygen atoms in total. The summed E-state index contributed by atoms with van der Waals surface area (Å²) < 4.78 is 7.94. The lowest BCUT2D eigenvalue weighted by Gasteiger charge is -2.09. The molecule has 0 atom stereocenters. The van der Waals surface area contributed by atoms with E-state index in [0.717, 1.165) is 27.4 Å². The minimum Gasteiger partial charge on any atom is -0.356 e. The first-order chi connectivity index (χ1) is 12.2. The molecule has 0 amide bonds. The molecule has 0 aliphatic rings. The van der Waals surface area contributed by atoms with Gasteiger partial charge in [0.2, 0.25) is 0 Å². The maximum absolute atomic E-state index is 11.1. The smallest absolute Gasteiger partial charge is 0.270 e. The van der Waals surface area contributed by atoms with Crippen molar-refractivity contribution in [1.29, 1.82) is 0 Å². The molecule has 4 rings (SSSR count). The molecule has 25 heavy (non-hydrogen) atoms. The molecule has 0 saturated carbocycles. The molecule has 124 valence electrons. The summed E-state index contributed by atoms with van der Waals surface area (Å²) in [6.07, 6.45) is 0. The number of fused-ring (bicyclic) bond motifs is 3. The van der Waals surface area contributed by atoms with Gasteiger partial charge in [0, 0.05) is 22.9 Å². The second kappa shape index (κ2) is 6.37. The molecule has 0 fully saturated rings. The first kappa shape index (κ1) is 15.4. The fourth-order valence-corrected chi connectivity index (χ4v) is 3.12. The summed E-state index contributed by atoms with van der Waals surface area (Å²) in [6.45, 7) is 0.901. The molecular formula is C20H16N2O3. The molecule has 0 bridgehead atoms. The summed E-state index contributed by atoms with van der Waals surface area (Å²) in [7, 11) is 0. The molecule has 0 N–H and O–H groups in total. The highest BCUT2D eigenvalue weighted by Gasteiger charge is 2.14. The number of ether oxygens (including phenoxy) is 1. The Balaban J connectivity index is 1.72. The van der Waals surface area contributed by atoms with Crippen molar-refractivity contribution < 1.29 is 9.66 Å². The number of nitro benzene ring substituents is 1. The van der Waals surface area contributed by atoms with Crippen molar-refractivity contribution in [2.75, 3.05) is 0 Å². The standard InChI is InChI=1S/C20H16N2O3/c23-22(24)16-10-11-20-18(12-16)17-8-4-5-9-19(17)21(20)14-25-13-15-6-2-1-3-7-15/h1-12H,13-14H2. The molecule has 0 radical (unpaired) electrons. The molecule has 0 unspecified atom stereocenters. The van der Waals surface area contributed by atoms with Crippen LogP contribution in [0.15, 0.2) is 72.8 Å². The van der Waals surface area contributed by atoms with E-state index < -0.39 is 0 Å². The Hall–Kier alpha value is -3.18. The number of nitro groups is 1. The molecule has 0 spiro atoms. The van der Waals surface area contributed by atoms with Gasteiger partial charge in [0.05, 0.1) is 22.6 Å². The van der Waals surface area contributed by atoms with Crippen molar-refractivity contribution in [3.05, 3.63) is 88.5 Å². The minimum atomic E-state index is -0.364. The van der Waals surface area contributed by atoms with Crippen LogP contribution >= 0.6 is 0 Å². The van der Waals surface area contributed by atoms with Crippen LogP contribution in [0, 0.1) is 10.1 Å². The van der Waals surface area contributed by atoms with E-state index in [1.54, 1.807) is 12.1 Å². The van der Waals surface area contributed by atoms with Crippen LogP contribution in [0.5, 0.6) is 0 Å². The maximum atomic E-state index is 11.1. The van der Waals surface area contributed by atoms with E-state index in [2.05, 4.69) is 4.57 Å². The summed E-state index contributed by atoms with van der Waals surface area (Å²) in [4.78, 5) is 10.7. The molecule has 4 aromatic rings. The van der Waals surface area contributed by atoms with Crippen LogP contribution in [-0.2, 0) is 18.1 Å². The van der Waals surface area contributed by atoms with E-state index in [1.165, 1.54) is 6.07 Å². The van der Waals surface area contributed by atoms with Gasteiger partial charge in [-0.3, -0.25) is 10.1 Å². The SMILES string of the molecule is O=[N+]([O-])c1ccc2c(c1)c1ccccc1n2COCc1ccccc1. The third-order valence-electron chi connectivity index (χ3n) is 4.30. The Bertz CT molecular complexity index is 1050. The van der Waals surface area contributed by atoms with E-state index >= 15 is 0 Å². The van der Waals surface area contributed by atoms with Gasteiger partial charge in [0.1, 0.15) is 6.73 Å². The van der Waals surface area contributed by atoms with Crippen molar-refractivity contribution in [1.82, 2.24) is 4.57 Å². The number of non-ortho nitro benzene ring substituents is 1. The third-order valence-corrected chi connectivity index (χ3v) is 4.30. The van der Waals surface area contributed by atoms with Gasteiger partial charge in [0.25, 0.3) is 5.69 Å². The molecular weight excluding hydrogens is 316 g/mol. The van der Waals surface area contributed by atoms with Crippen LogP contribution in [0.4, 0.5) is 5.69 Å².